The predicted molar refractivity (Wildman–Crippen MR) is 40.6 cm³/mol. The Hall–Kier alpha value is 0.0400. The van der Waals surface area contributed by atoms with Crippen LogP contribution in [0.1, 0.15) is 0 Å². The van der Waals surface area contributed by atoms with Gasteiger partial charge in [0.2, 0.25) is 0 Å². The number of rotatable bonds is 0. The largest absolute Gasteiger partial charge is 0.203 e. The summed E-state index contributed by atoms with van der Waals surface area (Å²) in [6, 6.07) is 3.40. The van der Waals surface area contributed by atoms with Crippen LogP contribution in [0.15, 0.2) is 15.0 Å². The summed E-state index contributed by atoms with van der Waals surface area (Å²) < 4.78 is 25.3. The molecule has 0 amide bonds. The van der Waals surface area contributed by atoms with Gasteiger partial charge in [-0.3, -0.25) is 0 Å². The summed E-state index contributed by atoms with van der Waals surface area (Å²) in [6.45, 7) is 0. The van der Waals surface area contributed by atoms with Crippen molar-refractivity contribution >= 4 is 31.9 Å². The van der Waals surface area contributed by atoms with E-state index in [1.54, 1.807) is 0 Å². The molecule has 0 spiro atoms. The van der Waals surface area contributed by atoms with Crippen molar-refractivity contribution in [3.63, 3.8) is 0 Å². The summed E-state index contributed by atoms with van der Waals surface area (Å²) in [5.74, 6) is -1.90. The first-order valence-corrected chi connectivity index (χ1v) is 3.92. The van der Waals surface area contributed by atoms with Crippen LogP contribution in [0.2, 0.25) is 0 Å². The second-order valence-electron chi connectivity index (χ2n) is 1.58. The van der Waals surface area contributed by atoms with Crippen molar-refractivity contribution in [3.8, 4) is 0 Å². The van der Waals surface area contributed by atoms with Crippen molar-refractivity contribution in [2.75, 3.05) is 0 Å². The van der Waals surface area contributed by atoms with Crippen LogP contribution in [0.25, 0.3) is 0 Å². The number of halogens is 4. The van der Waals surface area contributed by atoms with E-state index >= 15 is 0 Å². The molecule has 0 aliphatic rings. The first-order chi connectivity index (χ1) is 4.63. The fourth-order valence-electron chi connectivity index (χ4n) is 0.455. The van der Waals surface area contributed by atoms with E-state index in [1.165, 1.54) is 6.07 Å². The molecule has 0 bridgehead atoms. The second kappa shape index (κ2) is 2.96. The van der Waals surface area contributed by atoms with Gasteiger partial charge in [-0.2, -0.15) is 0 Å². The lowest BCUT2D eigenvalue weighted by atomic mass is 10.3. The van der Waals surface area contributed by atoms with Crippen molar-refractivity contribution in [3.05, 3.63) is 32.7 Å². The van der Waals surface area contributed by atoms with Crippen LogP contribution in [0.3, 0.4) is 0 Å². The highest BCUT2D eigenvalue weighted by Crippen LogP contribution is 2.26. The third-order valence-corrected chi connectivity index (χ3v) is 2.85. The highest BCUT2D eigenvalue weighted by Gasteiger charge is 2.08. The molecule has 1 rings (SSSR count). The van der Waals surface area contributed by atoms with Gasteiger partial charge in [-0.1, -0.05) is 0 Å². The maximum Gasteiger partial charge on any atom is 0.174 e. The highest BCUT2D eigenvalue weighted by molar-refractivity contribution is 9.13. The summed E-state index contributed by atoms with van der Waals surface area (Å²) in [5, 5.41) is 0. The molecule has 0 saturated carbocycles. The molecule has 1 aromatic carbocycles. The fraction of sp³-hybridized carbons (Fsp3) is 0. The molecule has 4 heteroatoms. The molecule has 0 aliphatic heterocycles. The molecule has 0 heterocycles. The summed E-state index contributed by atoms with van der Waals surface area (Å²) in [6.07, 6.45) is 0. The summed E-state index contributed by atoms with van der Waals surface area (Å²) in [4.78, 5) is 0. The topological polar surface area (TPSA) is 0 Å². The van der Waals surface area contributed by atoms with Gasteiger partial charge in [0.05, 0.1) is 4.47 Å². The molecule has 0 unspecified atom stereocenters. The van der Waals surface area contributed by atoms with Gasteiger partial charge in [0.1, 0.15) is 0 Å². The SMILES string of the molecule is Fc1[c]cc(Br)c(Br)c1F. The normalized spacial score (nSPS) is 10.0. The number of hydrogen-bond acceptors (Lipinski definition) is 0. The van der Waals surface area contributed by atoms with E-state index < -0.39 is 11.6 Å². The van der Waals surface area contributed by atoms with Crippen LogP contribution in [-0.2, 0) is 0 Å². The van der Waals surface area contributed by atoms with Crippen molar-refractivity contribution < 1.29 is 8.78 Å². The molecule has 53 valence electrons. The smallest absolute Gasteiger partial charge is 0.174 e. The van der Waals surface area contributed by atoms with Crippen molar-refractivity contribution in [2.45, 2.75) is 0 Å². The van der Waals surface area contributed by atoms with Gasteiger partial charge >= 0.3 is 0 Å². The minimum Gasteiger partial charge on any atom is -0.203 e. The minimum atomic E-state index is -0.977. The maximum absolute atomic E-state index is 12.5. The van der Waals surface area contributed by atoms with E-state index in [0.717, 1.165) is 0 Å². The molecule has 0 aliphatic carbocycles. The van der Waals surface area contributed by atoms with E-state index in [-0.39, 0.29) is 4.47 Å². The van der Waals surface area contributed by atoms with E-state index in [9.17, 15) is 8.78 Å². The third-order valence-electron chi connectivity index (χ3n) is 0.921. The molecule has 1 aromatic rings. The van der Waals surface area contributed by atoms with Crippen LogP contribution >= 0.6 is 31.9 Å². The molecular weight excluding hydrogens is 270 g/mol. The summed E-state index contributed by atoms with van der Waals surface area (Å²) in [7, 11) is 0. The molecule has 0 N–H and O–H groups in total. The minimum absolute atomic E-state index is 0.0868. The van der Waals surface area contributed by atoms with Gasteiger partial charge in [0.25, 0.3) is 0 Å². The Morgan fingerprint density at radius 3 is 2.40 bits per heavy atom. The number of hydrogen-bond donors (Lipinski definition) is 0. The van der Waals surface area contributed by atoms with Crippen LogP contribution in [0, 0.1) is 17.7 Å². The monoisotopic (exact) mass is 269 g/mol. The first kappa shape index (κ1) is 8.14. The lowest BCUT2D eigenvalue weighted by Crippen LogP contribution is -1.85. The van der Waals surface area contributed by atoms with Crippen LogP contribution in [-0.4, -0.2) is 0 Å². The van der Waals surface area contributed by atoms with Crippen LogP contribution in [0.4, 0.5) is 8.78 Å². The predicted octanol–water partition coefficient (Wildman–Crippen LogP) is 3.29. The Balaban J connectivity index is 3.34. The standard InChI is InChI=1S/C6HBr2F2/c7-3-1-2-4(9)6(10)5(3)8/h1H. The van der Waals surface area contributed by atoms with E-state index in [4.69, 9.17) is 0 Å². The van der Waals surface area contributed by atoms with Crippen LogP contribution in [0.5, 0.6) is 0 Å². The third kappa shape index (κ3) is 1.37. The first-order valence-electron chi connectivity index (χ1n) is 2.33. The number of benzene rings is 1. The lowest BCUT2D eigenvalue weighted by molar-refractivity contribution is 0.502. The van der Waals surface area contributed by atoms with Crippen molar-refractivity contribution in [1.82, 2.24) is 0 Å². The van der Waals surface area contributed by atoms with Gasteiger partial charge in [-0.25, -0.2) is 8.78 Å². The van der Waals surface area contributed by atoms with E-state index in [1.807, 2.05) is 0 Å². The zero-order chi connectivity index (χ0) is 7.72. The Morgan fingerprint density at radius 2 is 1.90 bits per heavy atom. The van der Waals surface area contributed by atoms with Gasteiger partial charge in [0.15, 0.2) is 11.6 Å². The Kier molecular flexibility index (Phi) is 2.41. The van der Waals surface area contributed by atoms with E-state index in [0.29, 0.717) is 4.47 Å². The van der Waals surface area contributed by atoms with Crippen molar-refractivity contribution in [1.29, 1.82) is 0 Å². The molecule has 0 saturated heterocycles. The van der Waals surface area contributed by atoms with Gasteiger partial charge in [0, 0.05) is 10.5 Å². The zero-order valence-electron chi connectivity index (χ0n) is 4.59. The van der Waals surface area contributed by atoms with Crippen molar-refractivity contribution in [2.24, 2.45) is 0 Å². The van der Waals surface area contributed by atoms with Gasteiger partial charge < -0.3 is 0 Å². The lowest BCUT2D eigenvalue weighted by Gasteiger charge is -1.96. The quantitative estimate of drug-likeness (QED) is 0.501. The van der Waals surface area contributed by atoms with Gasteiger partial charge in [-0.15, -0.1) is 0 Å². The summed E-state index contributed by atoms with van der Waals surface area (Å²) in [5.41, 5.74) is 0. The Bertz CT molecular complexity index is 233. The zero-order valence-corrected chi connectivity index (χ0v) is 7.76. The Labute approximate surface area is 73.5 Å². The molecule has 0 nitrogen and oxygen atoms in total. The maximum atomic E-state index is 12.5. The van der Waals surface area contributed by atoms with Gasteiger partial charge in [-0.05, 0) is 37.9 Å². The van der Waals surface area contributed by atoms with Crippen LogP contribution < -0.4 is 0 Å². The van der Waals surface area contributed by atoms with E-state index in [2.05, 4.69) is 37.9 Å². The molecule has 1 radical (unpaired) electrons. The average molecular weight is 271 g/mol. The average Bonchev–Trinajstić information content (AvgIpc) is 1.93. The molecule has 10 heavy (non-hydrogen) atoms. The second-order valence-corrected chi connectivity index (χ2v) is 3.23. The summed E-state index contributed by atoms with van der Waals surface area (Å²) >= 11 is 5.84. The molecular formula is C6HBr2F2. The molecule has 0 atom stereocenters. The molecule has 0 aromatic heterocycles. The molecule has 0 fully saturated rings. The fourth-order valence-corrected chi connectivity index (χ4v) is 1.03. The highest BCUT2D eigenvalue weighted by atomic mass is 79.9. The Morgan fingerprint density at radius 1 is 1.30 bits per heavy atom.